The van der Waals surface area contributed by atoms with Crippen LogP contribution >= 0.6 is 0 Å². The molecule has 0 heterocycles. The predicted octanol–water partition coefficient (Wildman–Crippen LogP) is 3.21. The largest absolute Gasteiger partial charge is 0.490 e. The minimum Gasteiger partial charge on any atom is -0.490 e. The van der Waals surface area contributed by atoms with E-state index < -0.39 is 11.0 Å². The second-order valence-electron chi connectivity index (χ2n) is 6.54. The highest BCUT2D eigenvalue weighted by molar-refractivity contribution is 5.48. The monoisotopic (exact) mass is 342 g/mol. The molecule has 132 valence electrons. The van der Waals surface area contributed by atoms with Crippen molar-refractivity contribution < 1.29 is 14.8 Å². The van der Waals surface area contributed by atoms with Crippen molar-refractivity contribution in [2.45, 2.75) is 25.5 Å². The Morgan fingerprint density at radius 3 is 2.60 bits per heavy atom. The molecule has 1 fully saturated rings. The van der Waals surface area contributed by atoms with Crippen LogP contribution in [0.4, 0.5) is 5.69 Å². The van der Waals surface area contributed by atoms with E-state index in [-0.39, 0.29) is 16.9 Å². The van der Waals surface area contributed by atoms with E-state index in [1.165, 1.54) is 13.2 Å². The second-order valence-corrected chi connectivity index (χ2v) is 6.54. The molecule has 0 saturated heterocycles. The van der Waals surface area contributed by atoms with E-state index in [9.17, 15) is 15.2 Å². The number of hydrogen-bond acceptors (Lipinski definition) is 5. The Bertz CT molecular complexity index is 744. The molecular weight excluding hydrogens is 320 g/mol. The van der Waals surface area contributed by atoms with Crippen molar-refractivity contribution in [3.8, 4) is 5.75 Å². The summed E-state index contributed by atoms with van der Waals surface area (Å²) >= 11 is 0. The molecule has 6 nitrogen and oxygen atoms in total. The van der Waals surface area contributed by atoms with E-state index in [0.717, 1.165) is 24.0 Å². The molecule has 1 unspecified atom stereocenters. The van der Waals surface area contributed by atoms with Gasteiger partial charge in [-0.2, -0.15) is 0 Å². The highest BCUT2D eigenvalue weighted by atomic mass is 16.6. The molecule has 0 radical (unpaired) electrons. The lowest BCUT2D eigenvalue weighted by molar-refractivity contribution is -0.385. The summed E-state index contributed by atoms with van der Waals surface area (Å²) in [5.74, 6) is 0.256. The average Bonchev–Trinajstić information content (AvgIpc) is 3.42. The van der Waals surface area contributed by atoms with E-state index >= 15 is 0 Å². The summed E-state index contributed by atoms with van der Waals surface area (Å²) in [5.41, 5.74) is 1.58. The first kappa shape index (κ1) is 17.4. The minimum absolute atomic E-state index is 0.0349. The van der Waals surface area contributed by atoms with Crippen molar-refractivity contribution in [1.82, 2.24) is 5.32 Å². The van der Waals surface area contributed by atoms with Crippen LogP contribution in [0.2, 0.25) is 0 Å². The highest BCUT2D eigenvalue weighted by Gasteiger charge is 2.48. The third kappa shape index (κ3) is 3.81. The van der Waals surface area contributed by atoms with E-state index in [1.807, 2.05) is 36.4 Å². The lowest BCUT2D eigenvalue weighted by Gasteiger charge is -2.23. The van der Waals surface area contributed by atoms with Gasteiger partial charge in [0.15, 0.2) is 5.75 Å². The number of nitrogens with zero attached hydrogens (tertiary/aromatic N) is 1. The van der Waals surface area contributed by atoms with Crippen LogP contribution in [-0.2, 0) is 6.54 Å². The molecule has 2 aromatic rings. The number of hydrogen-bond donors (Lipinski definition) is 2. The summed E-state index contributed by atoms with van der Waals surface area (Å²) in [4.78, 5) is 10.7. The zero-order valence-electron chi connectivity index (χ0n) is 14.1. The van der Waals surface area contributed by atoms with Crippen LogP contribution in [0, 0.1) is 15.5 Å². The van der Waals surface area contributed by atoms with Crippen LogP contribution in [0.5, 0.6) is 5.75 Å². The zero-order valence-corrected chi connectivity index (χ0v) is 14.1. The van der Waals surface area contributed by atoms with Gasteiger partial charge in [0.1, 0.15) is 0 Å². The number of aliphatic hydroxyl groups excluding tert-OH is 1. The molecular formula is C19H22N2O4. The minimum atomic E-state index is -0.494. The number of methoxy groups -OCH3 is 1. The number of nitro benzene ring substituents is 1. The van der Waals surface area contributed by atoms with Crippen molar-refractivity contribution in [3.05, 3.63) is 69.8 Å². The molecule has 0 amide bonds. The van der Waals surface area contributed by atoms with Gasteiger partial charge in [0, 0.05) is 24.6 Å². The van der Waals surface area contributed by atoms with Crippen molar-refractivity contribution in [2.75, 3.05) is 13.7 Å². The van der Waals surface area contributed by atoms with Gasteiger partial charge in [-0.05, 0) is 30.0 Å². The van der Waals surface area contributed by atoms with Gasteiger partial charge in [0.05, 0.1) is 18.1 Å². The zero-order chi connectivity index (χ0) is 17.9. The van der Waals surface area contributed by atoms with Crippen LogP contribution in [0.1, 0.15) is 30.1 Å². The Balaban J connectivity index is 1.61. The molecule has 3 rings (SSSR count). The maximum Gasteiger partial charge on any atom is 0.311 e. The van der Waals surface area contributed by atoms with Crippen LogP contribution in [0.25, 0.3) is 0 Å². The van der Waals surface area contributed by atoms with Crippen molar-refractivity contribution in [3.63, 3.8) is 0 Å². The molecule has 0 aromatic heterocycles. The second kappa shape index (κ2) is 7.21. The fourth-order valence-electron chi connectivity index (χ4n) is 3.14. The number of ether oxygens (including phenoxy) is 1. The predicted molar refractivity (Wildman–Crippen MR) is 94.4 cm³/mol. The third-order valence-corrected chi connectivity index (χ3v) is 4.83. The quantitative estimate of drug-likeness (QED) is 0.568. The molecule has 2 N–H and O–H groups in total. The molecule has 1 saturated carbocycles. The Labute approximate surface area is 146 Å². The molecule has 0 spiro atoms. The van der Waals surface area contributed by atoms with Crippen LogP contribution in [-0.4, -0.2) is 23.7 Å². The van der Waals surface area contributed by atoms with Gasteiger partial charge >= 0.3 is 5.69 Å². The first-order valence-corrected chi connectivity index (χ1v) is 8.31. The Kier molecular flexibility index (Phi) is 5.01. The van der Waals surface area contributed by atoms with E-state index in [2.05, 4.69) is 5.32 Å². The van der Waals surface area contributed by atoms with E-state index in [1.54, 1.807) is 6.07 Å². The normalized spacial score (nSPS) is 16.2. The van der Waals surface area contributed by atoms with E-state index in [0.29, 0.717) is 13.1 Å². The molecule has 1 aliphatic rings. The van der Waals surface area contributed by atoms with Crippen LogP contribution in [0.15, 0.2) is 48.5 Å². The van der Waals surface area contributed by atoms with Crippen molar-refractivity contribution >= 4 is 5.69 Å². The fourth-order valence-corrected chi connectivity index (χ4v) is 3.14. The summed E-state index contributed by atoms with van der Waals surface area (Å²) in [6.07, 6.45) is 1.45. The Morgan fingerprint density at radius 2 is 2.00 bits per heavy atom. The molecule has 1 aliphatic carbocycles. The average molecular weight is 342 g/mol. The van der Waals surface area contributed by atoms with E-state index in [4.69, 9.17) is 4.74 Å². The number of nitrogens with one attached hydrogen (secondary N) is 1. The van der Waals surface area contributed by atoms with Gasteiger partial charge in [0.2, 0.25) is 0 Å². The van der Waals surface area contributed by atoms with Gasteiger partial charge in [-0.1, -0.05) is 36.4 Å². The van der Waals surface area contributed by atoms with Gasteiger partial charge in [-0.3, -0.25) is 10.1 Å². The first-order chi connectivity index (χ1) is 12.1. The van der Waals surface area contributed by atoms with Gasteiger partial charge in [-0.15, -0.1) is 0 Å². The number of nitro groups is 1. The number of benzene rings is 2. The maximum atomic E-state index is 11.1. The first-order valence-electron chi connectivity index (χ1n) is 8.31. The summed E-state index contributed by atoms with van der Waals surface area (Å²) in [6.45, 7) is 1.18. The topological polar surface area (TPSA) is 84.6 Å². The number of rotatable bonds is 8. The molecule has 6 heteroatoms. The molecule has 1 atom stereocenters. The molecule has 2 aromatic carbocycles. The van der Waals surface area contributed by atoms with Crippen molar-refractivity contribution in [1.29, 1.82) is 0 Å². The van der Waals surface area contributed by atoms with Gasteiger partial charge < -0.3 is 15.2 Å². The lowest BCUT2D eigenvalue weighted by atomic mass is 9.92. The summed E-state index contributed by atoms with van der Waals surface area (Å²) < 4.78 is 5.02. The van der Waals surface area contributed by atoms with Crippen molar-refractivity contribution in [2.24, 2.45) is 5.41 Å². The summed E-state index contributed by atoms with van der Waals surface area (Å²) in [7, 11) is 1.42. The fraction of sp³-hybridized carbons (Fsp3) is 0.368. The molecule has 25 heavy (non-hydrogen) atoms. The smallest absolute Gasteiger partial charge is 0.311 e. The molecule has 0 bridgehead atoms. The third-order valence-electron chi connectivity index (χ3n) is 4.83. The summed E-state index contributed by atoms with van der Waals surface area (Å²) in [5, 5.41) is 25.1. The molecule has 0 aliphatic heterocycles. The highest BCUT2D eigenvalue weighted by Crippen LogP contribution is 2.54. The van der Waals surface area contributed by atoms with Crippen LogP contribution in [0.3, 0.4) is 0 Å². The van der Waals surface area contributed by atoms with Gasteiger partial charge in [0.25, 0.3) is 0 Å². The van der Waals surface area contributed by atoms with Gasteiger partial charge in [-0.25, -0.2) is 0 Å². The number of aliphatic hydroxyl groups is 1. The lowest BCUT2D eigenvalue weighted by Crippen LogP contribution is -2.28. The Morgan fingerprint density at radius 1 is 1.28 bits per heavy atom. The summed E-state index contributed by atoms with van der Waals surface area (Å²) in [6, 6.07) is 14.6. The van der Waals surface area contributed by atoms with Crippen LogP contribution < -0.4 is 10.1 Å². The SMILES string of the molecule is COc1ccc(CNCC2(C(O)c3ccccc3)CC2)cc1[N+](=O)[O-]. The Hall–Kier alpha value is -2.44. The maximum absolute atomic E-state index is 11.1. The standard InChI is InChI=1S/C19H22N2O4/c1-25-17-8-7-14(11-16(17)21(23)24)12-20-13-19(9-10-19)18(22)15-5-3-2-4-6-15/h2-8,11,18,20,22H,9-10,12-13H2,1H3.